The molecule has 0 spiro atoms. The lowest BCUT2D eigenvalue weighted by Crippen LogP contribution is -2.45. The van der Waals surface area contributed by atoms with Crippen LogP contribution in [0.25, 0.3) is 22.6 Å². The molecule has 35 heavy (non-hydrogen) atoms. The maximum atomic E-state index is 12.3. The molecule has 5 rings (SSSR count). The molecule has 3 heterocycles. The van der Waals surface area contributed by atoms with Gasteiger partial charge in [-0.05, 0) is 42.5 Å². The van der Waals surface area contributed by atoms with Gasteiger partial charge in [0.25, 0.3) is 11.8 Å². The summed E-state index contributed by atoms with van der Waals surface area (Å²) in [6, 6.07) is 14.9. The molecule has 1 aliphatic rings. The first-order valence-corrected chi connectivity index (χ1v) is 12.5. The number of carbonyl (C=O) groups excluding carboxylic acids is 2. The molecule has 0 saturated carbocycles. The molecule has 2 aromatic heterocycles. The molecule has 4 aromatic rings. The fourth-order valence-electron chi connectivity index (χ4n) is 3.67. The van der Waals surface area contributed by atoms with Crippen LogP contribution in [0.3, 0.4) is 0 Å². The van der Waals surface area contributed by atoms with Crippen LogP contribution in [0, 0.1) is 0 Å². The number of hydrogen-bond acceptors (Lipinski definition) is 8. The van der Waals surface area contributed by atoms with Crippen LogP contribution in [0.4, 0.5) is 0 Å². The van der Waals surface area contributed by atoms with Gasteiger partial charge in [-0.3, -0.25) is 19.5 Å². The summed E-state index contributed by atoms with van der Waals surface area (Å²) in [5.41, 5.74) is 2.48. The maximum Gasteiger partial charge on any atom is 0.255 e. The van der Waals surface area contributed by atoms with Gasteiger partial charge in [-0.25, -0.2) is 13.4 Å². The van der Waals surface area contributed by atoms with E-state index in [1.807, 2.05) is 18.2 Å². The lowest BCUT2D eigenvalue weighted by molar-refractivity contribution is -0.159. The Labute approximate surface area is 200 Å². The zero-order valence-electron chi connectivity index (χ0n) is 18.6. The second kappa shape index (κ2) is 8.93. The highest BCUT2D eigenvalue weighted by molar-refractivity contribution is 7.90. The molecule has 1 N–H and O–H groups in total. The highest BCUT2D eigenvalue weighted by Gasteiger charge is 2.28. The van der Waals surface area contributed by atoms with E-state index in [-0.39, 0.29) is 24.7 Å². The molecular formula is C24H20N4O6S. The number of imidazole rings is 1. The van der Waals surface area contributed by atoms with Crippen LogP contribution in [-0.2, 0) is 30.7 Å². The van der Waals surface area contributed by atoms with E-state index in [1.54, 1.807) is 30.5 Å². The van der Waals surface area contributed by atoms with Crippen molar-refractivity contribution in [2.75, 3.05) is 19.5 Å². The quantitative estimate of drug-likeness (QED) is 0.407. The fourth-order valence-corrected chi connectivity index (χ4v) is 4.30. The van der Waals surface area contributed by atoms with Gasteiger partial charge in [0.15, 0.2) is 15.7 Å². The van der Waals surface area contributed by atoms with E-state index in [0.717, 1.165) is 11.2 Å². The smallest absolute Gasteiger partial charge is 0.255 e. The molecular weight excluding hydrogens is 472 g/mol. The van der Waals surface area contributed by atoms with E-state index in [4.69, 9.17) is 9.47 Å². The lowest BCUT2D eigenvalue weighted by Gasteiger charge is -2.25. The third-order valence-corrected chi connectivity index (χ3v) is 6.56. The summed E-state index contributed by atoms with van der Waals surface area (Å²) in [5.74, 6) is 0.431. The summed E-state index contributed by atoms with van der Waals surface area (Å²) in [7, 11) is -3.35. The van der Waals surface area contributed by atoms with Gasteiger partial charge in [-0.1, -0.05) is 6.07 Å². The number of nitrogens with one attached hydrogen (secondary N) is 1. The summed E-state index contributed by atoms with van der Waals surface area (Å²) in [6.45, 7) is -0.373. The molecule has 2 amide bonds. The number of fused-ring (bicyclic) bond motifs is 1. The molecule has 178 valence electrons. The maximum absolute atomic E-state index is 12.3. The zero-order valence-corrected chi connectivity index (χ0v) is 19.4. The van der Waals surface area contributed by atoms with Gasteiger partial charge in [0.05, 0.1) is 22.5 Å². The Morgan fingerprint density at radius 1 is 1.06 bits per heavy atom. The average molecular weight is 493 g/mol. The molecule has 0 unspecified atom stereocenters. The van der Waals surface area contributed by atoms with Crippen LogP contribution in [-0.4, -0.2) is 59.6 Å². The molecule has 10 nitrogen and oxygen atoms in total. The topological polar surface area (TPSA) is 132 Å². The van der Waals surface area contributed by atoms with Crippen molar-refractivity contribution in [1.82, 2.24) is 19.9 Å². The second-order valence-corrected chi connectivity index (χ2v) is 10.0. The Morgan fingerprint density at radius 2 is 1.80 bits per heavy atom. The Morgan fingerprint density at radius 3 is 2.46 bits per heavy atom. The number of morpholine rings is 1. The van der Waals surface area contributed by atoms with Crippen molar-refractivity contribution in [3.63, 3.8) is 0 Å². The lowest BCUT2D eigenvalue weighted by atomic mass is 10.1. The minimum Gasteiger partial charge on any atom is -0.457 e. The zero-order chi connectivity index (χ0) is 24.6. The number of hydrogen-bond donors (Lipinski definition) is 1. The van der Waals surface area contributed by atoms with Crippen LogP contribution in [0.1, 0.15) is 5.56 Å². The number of aromatic amines is 1. The number of aromatic nitrogens is 3. The SMILES string of the molecule is CS(=O)(=O)c1ccc(Oc2cc3nc(-c4ccccn4)[nH]c3cc2CN2C(=O)COCC2=O)cc1. The minimum absolute atomic E-state index is 0.0222. The molecule has 0 radical (unpaired) electrons. The molecule has 0 atom stereocenters. The van der Waals surface area contributed by atoms with Crippen molar-refractivity contribution in [2.24, 2.45) is 0 Å². The van der Waals surface area contributed by atoms with Gasteiger partial charge in [-0.15, -0.1) is 0 Å². The Bertz CT molecular complexity index is 1520. The molecule has 0 bridgehead atoms. The van der Waals surface area contributed by atoms with Crippen LogP contribution in [0.15, 0.2) is 65.7 Å². The van der Waals surface area contributed by atoms with E-state index < -0.39 is 21.7 Å². The number of rotatable bonds is 6. The number of nitrogens with zero attached hydrogens (tertiary/aromatic N) is 3. The highest BCUT2D eigenvalue weighted by Crippen LogP contribution is 2.32. The Balaban J connectivity index is 1.55. The third kappa shape index (κ3) is 4.77. The predicted octanol–water partition coefficient (Wildman–Crippen LogP) is 2.71. The monoisotopic (exact) mass is 492 g/mol. The van der Waals surface area contributed by atoms with Gasteiger partial charge in [0.1, 0.15) is 30.4 Å². The molecule has 1 fully saturated rings. The van der Waals surface area contributed by atoms with E-state index in [1.165, 1.54) is 12.1 Å². The van der Waals surface area contributed by atoms with E-state index >= 15 is 0 Å². The van der Waals surface area contributed by atoms with Crippen molar-refractivity contribution in [2.45, 2.75) is 11.4 Å². The van der Waals surface area contributed by atoms with E-state index in [0.29, 0.717) is 39.6 Å². The van der Waals surface area contributed by atoms with Crippen molar-refractivity contribution < 1.29 is 27.5 Å². The normalized spacial score (nSPS) is 14.5. The predicted molar refractivity (Wildman–Crippen MR) is 125 cm³/mol. The van der Waals surface area contributed by atoms with Crippen LogP contribution in [0.2, 0.25) is 0 Å². The van der Waals surface area contributed by atoms with Crippen LogP contribution in [0.5, 0.6) is 11.5 Å². The van der Waals surface area contributed by atoms with E-state index in [2.05, 4.69) is 15.0 Å². The first-order valence-electron chi connectivity index (χ1n) is 10.6. The van der Waals surface area contributed by atoms with Crippen molar-refractivity contribution >= 4 is 32.7 Å². The molecule has 11 heteroatoms. The largest absolute Gasteiger partial charge is 0.457 e. The number of imide groups is 1. The van der Waals surface area contributed by atoms with Gasteiger partial charge < -0.3 is 14.5 Å². The number of amides is 2. The van der Waals surface area contributed by atoms with Crippen LogP contribution >= 0.6 is 0 Å². The average Bonchev–Trinajstić information content (AvgIpc) is 3.25. The number of carbonyl (C=O) groups is 2. The second-order valence-electron chi connectivity index (χ2n) is 7.99. The Kier molecular flexibility index (Phi) is 5.79. The first kappa shape index (κ1) is 22.7. The number of pyridine rings is 1. The summed E-state index contributed by atoms with van der Waals surface area (Å²) < 4.78 is 34.6. The summed E-state index contributed by atoms with van der Waals surface area (Å²) in [5, 5.41) is 0. The van der Waals surface area contributed by atoms with Gasteiger partial charge in [0, 0.05) is 24.1 Å². The van der Waals surface area contributed by atoms with Crippen molar-refractivity contribution in [1.29, 1.82) is 0 Å². The summed E-state index contributed by atoms with van der Waals surface area (Å²) in [4.78, 5) is 38.1. The van der Waals surface area contributed by atoms with Crippen molar-refractivity contribution in [3.05, 3.63) is 66.4 Å². The van der Waals surface area contributed by atoms with Gasteiger partial charge in [0.2, 0.25) is 0 Å². The first-order chi connectivity index (χ1) is 16.8. The number of sulfone groups is 1. The molecule has 1 aliphatic heterocycles. The van der Waals surface area contributed by atoms with Crippen molar-refractivity contribution in [3.8, 4) is 23.0 Å². The highest BCUT2D eigenvalue weighted by atomic mass is 32.2. The number of ether oxygens (including phenoxy) is 2. The summed E-state index contributed by atoms with van der Waals surface area (Å²) in [6.07, 6.45) is 2.79. The summed E-state index contributed by atoms with van der Waals surface area (Å²) >= 11 is 0. The Hall–Kier alpha value is -4.09. The van der Waals surface area contributed by atoms with Gasteiger partial charge in [-0.2, -0.15) is 0 Å². The van der Waals surface area contributed by atoms with Gasteiger partial charge >= 0.3 is 0 Å². The van der Waals surface area contributed by atoms with E-state index in [9.17, 15) is 18.0 Å². The standard InChI is InChI=1S/C24H20N4O6S/c1-35(31,32)17-7-5-16(6-8-17)34-21-11-20-19(26-24(27-20)18-4-2-3-9-25-18)10-15(21)12-28-22(29)13-33-14-23(28)30/h2-11H,12-14H2,1H3,(H,26,27). The molecule has 1 saturated heterocycles. The molecule has 0 aliphatic carbocycles. The fraction of sp³-hybridized carbons (Fsp3) is 0.167. The number of benzene rings is 2. The number of H-pyrrole nitrogens is 1. The van der Waals surface area contributed by atoms with Crippen LogP contribution < -0.4 is 4.74 Å². The minimum atomic E-state index is -3.35. The molecule has 2 aromatic carbocycles. The third-order valence-electron chi connectivity index (χ3n) is 5.43.